The van der Waals surface area contributed by atoms with Crippen molar-refractivity contribution in [2.75, 3.05) is 5.73 Å². The van der Waals surface area contributed by atoms with Crippen LogP contribution in [-0.2, 0) is 0 Å². The van der Waals surface area contributed by atoms with E-state index in [1.54, 1.807) is 0 Å². The number of aromatic nitrogens is 2. The first-order chi connectivity index (χ1) is 6.68. The predicted molar refractivity (Wildman–Crippen MR) is 54.2 cm³/mol. The number of nitrogen functional groups attached to an aromatic ring is 1. The van der Waals surface area contributed by atoms with Gasteiger partial charge in [0.25, 0.3) is 0 Å². The Morgan fingerprint density at radius 2 is 2.07 bits per heavy atom. The second-order valence-electron chi connectivity index (χ2n) is 2.60. The van der Waals surface area contributed by atoms with E-state index in [4.69, 9.17) is 33.5 Å². The summed E-state index contributed by atoms with van der Waals surface area (Å²) in [5.74, 6) is 0.402. The minimum absolute atomic E-state index is 0.317. The third-order valence-corrected chi connectivity index (χ3v) is 2.18. The Morgan fingerprint density at radius 3 is 2.64 bits per heavy atom. The number of nitrogens with two attached hydrogens (primary N) is 1. The fourth-order valence-corrected chi connectivity index (χ4v) is 1.48. The maximum Gasteiger partial charge on any atom is 0.192 e. The number of hydrogen-bond donors (Lipinski definition) is 1. The third-order valence-electron chi connectivity index (χ3n) is 1.66. The molecule has 0 unspecified atom stereocenters. The van der Waals surface area contributed by atoms with Crippen molar-refractivity contribution in [2.24, 2.45) is 0 Å². The van der Waals surface area contributed by atoms with Crippen molar-refractivity contribution in [2.45, 2.75) is 0 Å². The smallest absolute Gasteiger partial charge is 0.192 e. The number of rotatable bonds is 1. The van der Waals surface area contributed by atoms with Crippen LogP contribution < -0.4 is 5.73 Å². The molecule has 0 saturated carbocycles. The number of halogens is 2. The van der Waals surface area contributed by atoms with Crippen molar-refractivity contribution < 1.29 is 4.52 Å². The Balaban J connectivity index is 2.58. The highest BCUT2D eigenvalue weighted by atomic mass is 35.5. The quantitative estimate of drug-likeness (QED) is 0.764. The number of hydrogen-bond acceptors (Lipinski definition) is 4. The molecule has 0 saturated heterocycles. The van der Waals surface area contributed by atoms with Crippen molar-refractivity contribution in [3.05, 3.63) is 28.6 Å². The first kappa shape index (κ1) is 9.30. The molecule has 0 fully saturated rings. The van der Waals surface area contributed by atoms with E-state index in [0.29, 0.717) is 27.2 Å². The van der Waals surface area contributed by atoms with Gasteiger partial charge in [-0.25, -0.2) is 4.98 Å². The molecule has 0 aromatic carbocycles. The van der Waals surface area contributed by atoms with Gasteiger partial charge in [0, 0.05) is 6.20 Å². The Bertz CT molecular complexity index is 469. The van der Waals surface area contributed by atoms with Crippen LogP contribution in [0, 0.1) is 0 Å². The van der Waals surface area contributed by atoms with E-state index in [0.717, 1.165) is 0 Å². The van der Waals surface area contributed by atoms with Crippen LogP contribution in [0.15, 0.2) is 23.0 Å². The molecule has 2 N–H and O–H groups in total. The van der Waals surface area contributed by atoms with Gasteiger partial charge in [-0.05, 0) is 6.07 Å². The minimum Gasteiger partial charge on any atom is -0.394 e. The van der Waals surface area contributed by atoms with Gasteiger partial charge in [0.15, 0.2) is 5.76 Å². The van der Waals surface area contributed by atoms with Crippen molar-refractivity contribution in [3.63, 3.8) is 0 Å². The number of nitrogens with zero attached hydrogens (tertiary/aromatic N) is 2. The molecule has 4 nitrogen and oxygen atoms in total. The number of anilines is 1. The monoisotopic (exact) mass is 229 g/mol. The molecule has 6 heteroatoms. The van der Waals surface area contributed by atoms with E-state index < -0.39 is 0 Å². The van der Waals surface area contributed by atoms with E-state index in [2.05, 4.69) is 10.1 Å². The molecule has 14 heavy (non-hydrogen) atoms. The van der Waals surface area contributed by atoms with E-state index >= 15 is 0 Å². The molecule has 0 aliphatic rings. The van der Waals surface area contributed by atoms with Crippen molar-refractivity contribution in [1.82, 2.24) is 10.1 Å². The molecule has 0 amide bonds. The zero-order valence-electron chi connectivity index (χ0n) is 6.87. The van der Waals surface area contributed by atoms with Gasteiger partial charge in [0.2, 0.25) is 0 Å². The molecule has 2 heterocycles. The van der Waals surface area contributed by atoms with Gasteiger partial charge in [0.05, 0.1) is 16.8 Å². The van der Waals surface area contributed by atoms with E-state index in [9.17, 15) is 0 Å². The molecule has 0 spiro atoms. The zero-order valence-corrected chi connectivity index (χ0v) is 8.38. The van der Waals surface area contributed by atoms with Crippen LogP contribution in [-0.4, -0.2) is 10.1 Å². The highest BCUT2D eigenvalue weighted by Crippen LogP contribution is 2.32. The fourth-order valence-electron chi connectivity index (χ4n) is 1.03. The lowest BCUT2D eigenvalue weighted by molar-refractivity contribution is 0.432. The van der Waals surface area contributed by atoms with E-state index in [1.807, 2.05) is 0 Å². The van der Waals surface area contributed by atoms with Gasteiger partial charge in [-0.1, -0.05) is 28.4 Å². The summed E-state index contributed by atoms with van der Waals surface area (Å²) in [6, 6.07) is 1.51. The van der Waals surface area contributed by atoms with Crippen LogP contribution in [0.4, 0.5) is 5.69 Å². The lowest BCUT2D eigenvalue weighted by Crippen LogP contribution is -1.87. The van der Waals surface area contributed by atoms with Crippen LogP contribution in [0.3, 0.4) is 0 Å². The summed E-state index contributed by atoms with van der Waals surface area (Å²) in [4.78, 5) is 3.87. The van der Waals surface area contributed by atoms with Crippen LogP contribution >= 0.6 is 23.2 Å². The first-order valence-corrected chi connectivity index (χ1v) is 4.45. The highest BCUT2D eigenvalue weighted by molar-refractivity contribution is 6.35. The van der Waals surface area contributed by atoms with Gasteiger partial charge < -0.3 is 10.3 Å². The highest BCUT2D eigenvalue weighted by Gasteiger charge is 2.12. The average Bonchev–Trinajstić information content (AvgIpc) is 2.52. The summed E-state index contributed by atoms with van der Waals surface area (Å²) in [5, 5.41) is 4.28. The molecule has 2 rings (SSSR count). The van der Waals surface area contributed by atoms with Gasteiger partial charge in [-0.2, -0.15) is 0 Å². The Kier molecular flexibility index (Phi) is 2.31. The van der Waals surface area contributed by atoms with Crippen molar-refractivity contribution in [3.8, 4) is 11.3 Å². The summed E-state index contributed by atoms with van der Waals surface area (Å²) in [6.07, 6.45) is 2.89. The zero-order chi connectivity index (χ0) is 10.1. The van der Waals surface area contributed by atoms with Crippen LogP contribution in [0.5, 0.6) is 0 Å². The number of pyridine rings is 1. The first-order valence-electron chi connectivity index (χ1n) is 3.70. The van der Waals surface area contributed by atoms with Crippen LogP contribution in [0.25, 0.3) is 11.3 Å². The predicted octanol–water partition coefficient (Wildman–Crippen LogP) is 2.63. The largest absolute Gasteiger partial charge is 0.394 e. The second kappa shape index (κ2) is 3.48. The normalized spacial score (nSPS) is 10.4. The summed E-state index contributed by atoms with van der Waals surface area (Å²) in [6.45, 7) is 0. The molecule has 0 aliphatic heterocycles. The molecule has 2 aromatic heterocycles. The molecule has 0 aliphatic carbocycles. The van der Waals surface area contributed by atoms with Gasteiger partial charge in [-0.3, -0.25) is 0 Å². The summed E-state index contributed by atoms with van der Waals surface area (Å²) in [5.41, 5.74) is 6.59. The molecule has 0 atom stereocenters. The van der Waals surface area contributed by atoms with Crippen LogP contribution in [0.1, 0.15) is 0 Å². The lowest BCUT2D eigenvalue weighted by atomic mass is 10.2. The third kappa shape index (κ3) is 1.54. The molecule has 0 radical (unpaired) electrons. The average molecular weight is 230 g/mol. The summed E-state index contributed by atoms with van der Waals surface area (Å²) in [7, 11) is 0. The van der Waals surface area contributed by atoms with Crippen molar-refractivity contribution in [1.29, 1.82) is 0 Å². The SMILES string of the molecule is Nc1cnoc1-c1cnc(Cl)cc1Cl. The van der Waals surface area contributed by atoms with Gasteiger partial charge >= 0.3 is 0 Å². The molecular formula is C8H5Cl2N3O. The Hall–Kier alpha value is -1.26. The standard InChI is InChI=1S/C8H5Cl2N3O/c9-5-1-7(10)12-2-4(5)8-6(11)3-13-14-8/h1-3H,11H2. The topological polar surface area (TPSA) is 64.9 Å². The lowest BCUT2D eigenvalue weighted by Gasteiger charge is -1.99. The summed E-state index contributed by atoms with van der Waals surface area (Å²) < 4.78 is 4.93. The molecular weight excluding hydrogens is 225 g/mol. The molecule has 72 valence electrons. The van der Waals surface area contributed by atoms with Gasteiger partial charge in [-0.15, -0.1) is 0 Å². The minimum atomic E-state index is 0.317. The maximum absolute atomic E-state index is 5.93. The van der Waals surface area contributed by atoms with E-state index in [1.165, 1.54) is 18.5 Å². The molecule has 0 bridgehead atoms. The van der Waals surface area contributed by atoms with Crippen molar-refractivity contribution >= 4 is 28.9 Å². The van der Waals surface area contributed by atoms with E-state index in [-0.39, 0.29) is 0 Å². The maximum atomic E-state index is 5.93. The Morgan fingerprint density at radius 1 is 1.29 bits per heavy atom. The fraction of sp³-hybridized carbons (Fsp3) is 0. The second-order valence-corrected chi connectivity index (χ2v) is 3.39. The van der Waals surface area contributed by atoms with Crippen LogP contribution in [0.2, 0.25) is 10.2 Å². The Labute approximate surface area is 89.6 Å². The molecule has 2 aromatic rings. The van der Waals surface area contributed by atoms with Gasteiger partial charge in [0.1, 0.15) is 10.8 Å². The summed E-state index contributed by atoms with van der Waals surface area (Å²) >= 11 is 11.6.